The fourth-order valence-corrected chi connectivity index (χ4v) is 3.04. The van der Waals surface area contributed by atoms with Crippen LogP contribution >= 0.6 is 0 Å². The number of piperidine rings is 1. The molecular formula is C20H31N3O3. The average molecular weight is 361 g/mol. The van der Waals surface area contributed by atoms with E-state index in [1.54, 1.807) is 22.2 Å². The number of carbonyl (C=O) groups is 2. The third-order valence-corrected chi connectivity index (χ3v) is 4.67. The van der Waals surface area contributed by atoms with Gasteiger partial charge in [0.1, 0.15) is 5.60 Å². The monoisotopic (exact) mass is 361 g/mol. The van der Waals surface area contributed by atoms with E-state index < -0.39 is 5.60 Å². The molecule has 0 unspecified atom stereocenters. The molecule has 1 fully saturated rings. The fraction of sp³-hybridized carbons (Fsp3) is 0.650. The number of likely N-dealkylation sites (tertiary alicyclic amines) is 1. The molecule has 1 aliphatic heterocycles. The van der Waals surface area contributed by atoms with Crippen molar-refractivity contribution >= 4 is 12.0 Å². The normalized spacial score (nSPS) is 15.6. The summed E-state index contributed by atoms with van der Waals surface area (Å²) in [6.07, 6.45) is 6.51. The lowest BCUT2D eigenvalue weighted by atomic mass is 9.93. The second-order valence-corrected chi connectivity index (χ2v) is 8.05. The maximum Gasteiger partial charge on any atom is 0.410 e. The number of likely N-dealkylation sites (N-methyl/N-ethyl adjacent to an activating group) is 1. The number of hydrogen-bond acceptors (Lipinski definition) is 4. The van der Waals surface area contributed by atoms with E-state index in [2.05, 4.69) is 4.98 Å². The maximum absolute atomic E-state index is 12.3. The standard InChI is InChI=1S/C20H31N3O3/c1-20(2,3)26-19(25)23-13-8-16(9-14-23)7-12-22(4)18(24)15-17-5-10-21-11-6-17/h5-6,10-11,16H,7-9,12-15H2,1-4H3. The largest absolute Gasteiger partial charge is 0.444 e. The minimum atomic E-state index is -0.453. The fourth-order valence-electron chi connectivity index (χ4n) is 3.04. The molecule has 0 saturated carbocycles. The minimum Gasteiger partial charge on any atom is -0.444 e. The van der Waals surface area contributed by atoms with Gasteiger partial charge in [-0.1, -0.05) is 0 Å². The molecule has 26 heavy (non-hydrogen) atoms. The van der Waals surface area contributed by atoms with Crippen molar-refractivity contribution in [2.45, 2.75) is 52.1 Å². The molecule has 6 nitrogen and oxygen atoms in total. The summed E-state index contributed by atoms with van der Waals surface area (Å²) >= 11 is 0. The topological polar surface area (TPSA) is 62.7 Å². The number of pyridine rings is 1. The van der Waals surface area contributed by atoms with E-state index in [9.17, 15) is 9.59 Å². The highest BCUT2D eigenvalue weighted by Crippen LogP contribution is 2.22. The van der Waals surface area contributed by atoms with Crippen LogP contribution in [0.4, 0.5) is 4.79 Å². The van der Waals surface area contributed by atoms with E-state index in [-0.39, 0.29) is 12.0 Å². The Labute approximate surface area is 156 Å². The molecule has 2 rings (SSSR count). The van der Waals surface area contributed by atoms with E-state index in [1.807, 2.05) is 40.0 Å². The van der Waals surface area contributed by atoms with Crippen molar-refractivity contribution in [1.29, 1.82) is 0 Å². The van der Waals surface area contributed by atoms with E-state index in [0.29, 0.717) is 12.3 Å². The molecule has 6 heteroatoms. The zero-order valence-electron chi connectivity index (χ0n) is 16.4. The first-order valence-corrected chi connectivity index (χ1v) is 9.35. The molecule has 0 atom stereocenters. The predicted molar refractivity (Wildman–Crippen MR) is 101 cm³/mol. The number of amides is 2. The van der Waals surface area contributed by atoms with Gasteiger partial charge in [-0.05, 0) is 63.6 Å². The molecule has 0 spiro atoms. The number of ether oxygens (including phenoxy) is 1. The Morgan fingerprint density at radius 2 is 1.85 bits per heavy atom. The number of nitrogens with zero attached hydrogens (tertiary/aromatic N) is 3. The summed E-state index contributed by atoms with van der Waals surface area (Å²) in [5.74, 6) is 0.673. The first kappa shape index (κ1) is 20.2. The van der Waals surface area contributed by atoms with Crippen molar-refractivity contribution in [2.24, 2.45) is 5.92 Å². The van der Waals surface area contributed by atoms with Gasteiger partial charge in [0.15, 0.2) is 0 Å². The van der Waals surface area contributed by atoms with Crippen LogP contribution < -0.4 is 0 Å². The summed E-state index contributed by atoms with van der Waals surface area (Å²) in [7, 11) is 1.86. The van der Waals surface area contributed by atoms with Gasteiger partial charge in [-0.3, -0.25) is 9.78 Å². The van der Waals surface area contributed by atoms with Gasteiger partial charge in [-0.2, -0.15) is 0 Å². The lowest BCUT2D eigenvalue weighted by Crippen LogP contribution is -2.42. The second-order valence-electron chi connectivity index (χ2n) is 8.05. The SMILES string of the molecule is CN(CCC1CCN(C(=O)OC(C)(C)C)CC1)C(=O)Cc1ccncc1. The zero-order chi connectivity index (χ0) is 19.2. The molecule has 1 saturated heterocycles. The van der Waals surface area contributed by atoms with Crippen LogP contribution in [-0.4, -0.2) is 59.1 Å². The molecule has 0 radical (unpaired) electrons. The Bertz CT molecular complexity index is 590. The Morgan fingerprint density at radius 3 is 2.42 bits per heavy atom. The van der Waals surface area contributed by atoms with E-state index in [1.165, 1.54) is 0 Å². The minimum absolute atomic E-state index is 0.127. The van der Waals surface area contributed by atoms with Crippen molar-refractivity contribution in [3.05, 3.63) is 30.1 Å². The Balaban J connectivity index is 1.69. The van der Waals surface area contributed by atoms with Crippen LogP contribution in [0.25, 0.3) is 0 Å². The van der Waals surface area contributed by atoms with Crippen molar-refractivity contribution in [1.82, 2.24) is 14.8 Å². The van der Waals surface area contributed by atoms with Gasteiger partial charge in [0.05, 0.1) is 6.42 Å². The molecule has 0 N–H and O–H groups in total. The third kappa shape index (κ3) is 6.65. The van der Waals surface area contributed by atoms with E-state index >= 15 is 0 Å². The summed E-state index contributed by atoms with van der Waals surface area (Å²) in [4.78, 5) is 32.0. The van der Waals surface area contributed by atoms with Gasteiger partial charge < -0.3 is 14.5 Å². The highest BCUT2D eigenvalue weighted by molar-refractivity contribution is 5.78. The van der Waals surface area contributed by atoms with E-state index in [4.69, 9.17) is 4.74 Å². The highest BCUT2D eigenvalue weighted by atomic mass is 16.6. The van der Waals surface area contributed by atoms with Crippen molar-refractivity contribution in [3.63, 3.8) is 0 Å². The predicted octanol–water partition coefficient (Wildman–Crippen LogP) is 3.12. The summed E-state index contributed by atoms with van der Waals surface area (Å²) in [6, 6.07) is 3.75. The lowest BCUT2D eigenvalue weighted by molar-refractivity contribution is -0.129. The number of aromatic nitrogens is 1. The van der Waals surface area contributed by atoms with Crippen molar-refractivity contribution in [2.75, 3.05) is 26.7 Å². The van der Waals surface area contributed by atoms with Gasteiger partial charge >= 0.3 is 6.09 Å². The summed E-state index contributed by atoms with van der Waals surface area (Å²) in [5.41, 5.74) is 0.536. The Hall–Kier alpha value is -2.11. The summed E-state index contributed by atoms with van der Waals surface area (Å²) in [5, 5.41) is 0. The molecule has 0 aliphatic carbocycles. The van der Waals surface area contributed by atoms with Crippen LogP contribution in [0.1, 0.15) is 45.6 Å². The van der Waals surface area contributed by atoms with Gasteiger partial charge in [0.25, 0.3) is 0 Å². The molecule has 2 amide bonds. The molecule has 1 aliphatic rings. The van der Waals surface area contributed by atoms with Gasteiger partial charge in [-0.25, -0.2) is 4.79 Å². The third-order valence-electron chi connectivity index (χ3n) is 4.67. The first-order valence-electron chi connectivity index (χ1n) is 9.35. The smallest absolute Gasteiger partial charge is 0.410 e. The number of rotatable bonds is 5. The summed E-state index contributed by atoms with van der Waals surface area (Å²) < 4.78 is 5.43. The van der Waals surface area contributed by atoms with Crippen LogP contribution in [-0.2, 0) is 16.0 Å². The quantitative estimate of drug-likeness (QED) is 0.808. The van der Waals surface area contributed by atoms with Crippen LogP contribution in [0.3, 0.4) is 0 Å². The first-order chi connectivity index (χ1) is 12.2. The van der Waals surface area contributed by atoms with E-state index in [0.717, 1.165) is 44.5 Å². The van der Waals surface area contributed by atoms with Crippen LogP contribution in [0.15, 0.2) is 24.5 Å². The van der Waals surface area contributed by atoms with Gasteiger partial charge in [0, 0.05) is 39.1 Å². The van der Waals surface area contributed by atoms with Crippen LogP contribution in [0.5, 0.6) is 0 Å². The molecule has 0 aromatic carbocycles. The van der Waals surface area contributed by atoms with Gasteiger partial charge in [-0.15, -0.1) is 0 Å². The maximum atomic E-state index is 12.3. The zero-order valence-corrected chi connectivity index (χ0v) is 16.4. The van der Waals surface area contributed by atoms with Crippen molar-refractivity contribution in [3.8, 4) is 0 Å². The molecule has 144 valence electrons. The Morgan fingerprint density at radius 1 is 1.23 bits per heavy atom. The number of carbonyl (C=O) groups excluding carboxylic acids is 2. The molecule has 1 aromatic heterocycles. The molecule has 2 heterocycles. The molecule has 1 aromatic rings. The highest BCUT2D eigenvalue weighted by Gasteiger charge is 2.27. The summed E-state index contributed by atoms with van der Waals surface area (Å²) in [6.45, 7) is 7.87. The average Bonchev–Trinajstić information content (AvgIpc) is 2.59. The molecule has 0 bridgehead atoms. The lowest BCUT2D eigenvalue weighted by Gasteiger charge is -2.34. The van der Waals surface area contributed by atoms with Crippen LogP contribution in [0, 0.1) is 5.92 Å². The molecular weight excluding hydrogens is 330 g/mol. The second kappa shape index (κ2) is 9.01. The Kier molecular flexibility index (Phi) is 7.00. The van der Waals surface area contributed by atoms with Gasteiger partial charge in [0.2, 0.25) is 5.91 Å². The number of hydrogen-bond donors (Lipinski definition) is 0. The van der Waals surface area contributed by atoms with Crippen LogP contribution in [0.2, 0.25) is 0 Å². The van der Waals surface area contributed by atoms with Crippen molar-refractivity contribution < 1.29 is 14.3 Å².